The average molecular weight is 326 g/mol. The number of nitrogens with zero attached hydrogens (tertiary/aromatic N) is 5. The number of guanidine groups is 1. The summed E-state index contributed by atoms with van der Waals surface area (Å²) in [6, 6.07) is 12.6. The molecule has 0 spiro atoms. The van der Waals surface area contributed by atoms with Gasteiger partial charge < -0.3 is 15.1 Å². The molecule has 0 atom stereocenters. The number of nitrogens with one attached hydrogen (secondary N) is 1. The Hall–Kier alpha value is -2.50. The molecule has 1 aromatic carbocycles. The first-order valence-corrected chi connectivity index (χ1v) is 8.67. The number of anilines is 1. The maximum atomic E-state index is 4.76. The van der Waals surface area contributed by atoms with Crippen molar-refractivity contribution < 1.29 is 0 Å². The van der Waals surface area contributed by atoms with Crippen LogP contribution in [0.15, 0.2) is 53.8 Å². The highest BCUT2D eigenvalue weighted by molar-refractivity contribution is 5.80. The van der Waals surface area contributed by atoms with Gasteiger partial charge in [-0.15, -0.1) is 0 Å². The lowest BCUT2D eigenvalue weighted by Gasteiger charge is -2.37. The van der Waals surface area contributed by atoms with Gasteiger partial charge in [-0.1, -0.05) is 18.2 Å². The summed E-state index contributed by atoms with van der Waals surface area (Å²) in [6.45, 7) is 8.57. The maximum absolute atomic E-state index is 4.76. The third kappa shape index (κ3) is 4.28. The van der Waals surface area contributed by atoms with Gasteiger partial charge in [0.1, 0.15) is 0 Å². The smallest absolute Gasteiger partial charge is 0.194 e. The first-order chi connectivity index (χ1) is 11.9. The summed E-state index contributed by atoms with van der Waals surface area (Å²) in [5.74, 6) is 1.01. The molecule has 2 heterocycles. The molecule has 0 aliphatic carbocycles. The Balaban J connectivity index is 1.55. The molecular formula is C18H26N6. The highest BCUT2D eigenvalue weighted by atomic mass is 15.4. The molecule has 0 bridgehead atoms. The van der Waals surface area contributed by atoms with Crippen LogP contribution in [0.5, 0.6) is 0 Å². The van der Waals surface area contributed by atoms with E-state index in [1.165, 1.54) is 5.69 Å². The number of hydrogen-bond acceptors (Lipinski definition) is 3. The van der Waals surface area contributed by atoms with Crippen LogP contribution in [0.1, 0.15) is 6.92 Å². The predicted molar refractivity (Wildman–Crippen MR) is 98.4 cm³/mol. The van der Waals surface area contributed by atoms with Gasteiger partial charge in [-0.3, -0.25) is 9.67 Å². The zero-order chi connectivity index (χ0) is 16.6. The van der Waals surface area contributed by atoms with Gasteiger partial charge >= 0.3 is 0 Å². The normalized spacial score (nSPS) is 15.6. The van der Waals surface area contributed by atoms with Gasteiger partial charge in [0.25, 0.3) is 0 Å². The van der Waals surface area contributed by atoms with E-state index in [0.29, 0.717) is 0 Å². The molecule has 1 fully saturated rings. The van der Waals surface area contributed by atoms with Gasteiger partial charge in [0, 0.05) is 50.8 Å². The van der Waals surface area contributed by atoms with Crippen molar-refractivity contribution in [2.45, 2.75) is 13.5 Å². The molecule has 6 nitrogen and oxygen atoms in total. The molecule has 2 aromatic rings. The van der Waals surface area contributed by atoms with Crippen LogP contribution in [-0.4, -0.2) is 59.9 Å². The molecule has 0 radical (unpaired) electrons. The largest absolute Gasteiger partial charge is 0.368 e. The lowest BCUT2D eigenvalue weighted by Crippen LogP contribution is -2.52. The van der Waals surface area contributed by atoms with Crippen molar-refractivity contribution in [3.05, 3.63) is 48.8 Å². The second kappa shape index (κ2) is 8.38. The minimum atomic E-state index is 0.739. The Kier molecular flexibility index (Phi) is 5.71. The molecule has 1 saturated heterocycles. The van der Waals surface area contributed by atoms with Crippen LogP contribution in [0.4, 0.5) is 5.69 Å². The number of rotatable bonds is 5. The third-order valence-electron chi connectivity index (χ3n) is 4.19. The van der Waals surface area contributed by atoms with E-state index < -0.39 is 0 Å². The van der Waals surface area contributed by atoms with Crippen LogP contribution in [-0.2, 0) is 6.54 Å². The standard InChI is InChI=1S/C18H26N6/c1-2-19-18(20-10-12-24-11-6-9-21-24)23-15-13-22(14-16-23)17-7-4-3-5-8-17/h3-9,11H,2,10,12-16H2,1H3,(H,19,20). The first kappa shape index (κ1) is 16.4. The lowest BCUT2D eigenvalue weighted by molar-refractivity contribution is 0.372. The number of aliphatic imine (C=N–C) groups is 1. The molecule has 3 rings (SSSR count). The Bertz CT molecular complexity index is 614. The van der Waals surface area contributed by atoms with Crippen molar-refractivity contribution in [3.63, 3.8) is 0 Å². The van der Waals surface area contributed by atoms with E-state index in [2.05, 4.69) is 57.5 Å². The fourth-order valence-electron chi connectivity index (χ4n) is 2.93. The molecule has 0 amide bonds. The Morgan fingerprint density at radius 1 is 1.12 bits per heavy atom. The summed E-state index contributed by atoms with van der Waals surface area (Å²) in [4.78, 5) is 9.55. The fourth-order valence-corrected chi connectivity index (χ4v) is 2.93. The second-order valence-electron chi connectivity index (χ2n) is 5.81. The number of piperazine rings is 1. The van der Waals surface area contributed by atoms with Crippen LogP contribution >= 0.6 is 0 Å². The second-order valence-corrected chi connectivity index (χ2v) is 5.81. The van der Waals surface area contributed by atoms with E-state index in [9.17, 15) is 0 Å². The van der Waals surface area contributed by atoms with Crippen LogP contribution in [0, 0.1) is 0 Å². The summed E-state index contributed by atoms with van der Waals surface area (Å²) in [7, 11) is 0. The molecule has 1 aromatic heterocycles. The topological polar surface area (TPSA) is 48.7 Å². The van der Waals surface area contributed by atoms with Gasteiger partial charge in [0.05, 0.1) is 13.1 Å². The third-order valence-corrected chi connectivity index (χ3v) is 4.19. The van der Waals surface area contributed by atoms with Crippen molar-refractivity contribution in [2.75, 3.05) is 44.2 Å². The number of aromatic nitrogens is 2. The highest BCUT2D eigenvalue weighted by Crippen LogP contribution is 2.15. The van der Waals surface area contributed by atoms with Gasteiger partial charge in [-0.2, -0.15) is 5.10 Å². The van der Waals surface area contributed by atoms with Gasteiger partial charge in [-0.05, 0) is 25.1 Å². The van der Waals surface area contributed by atoms with Crippen molar-refractivity contribution in [1.82, 2.24) is 20.0 Å². The first-order valence-electron chi connectivity index (χ1n) is 8.67. The minimum Gasteiger partial charge on any atom is -0.368 e. The summed E-state index contributed by atoms with van der Waals surface area (Å²) < 4.78 is 1.92. The maximum Gasteiger partial charge on any atom is 0.194 e. The molecule has 128 valence electrons. The SMILES string of the molecule is CCNC(=NCCn1cccn1)N1CCN(c2ccccc2)CC1. The highest BCUT2D eigenvalue weighted by Gasteiger charge is 2.19. The van der Waals surface area contributed by atoms with Crippen molar-refractivity contribution in [3.8, 4) is 0 Å². The Labute approximate surface area is 143 Å². The van der Waals surface area contributed by atoms with Crippen molar-refractivity contribution in [1.29, 1.82) is 0 Å². The van der Waals surface area contributed by atoms with Crippen molar-refractivity contribution >= 4 is 11.6 Å². The molecule has 1 aliphatic heterocycles. The van der Waals surface area contributed by atoms with Crippen LogP contribution in [0.2, 0.25) is 0 Å². The molecule has 0 unspecified atom stereocenters. The fraction of sp³-hybridized carbons (Fsp3) is 0.444. The van der Waals surface area contributed by atoms with E-state index in [4.69, 9.17) is 4.99 Å². The van der Waals surface area contributed by atoms with Gasteiger partial charge in [0.15, 0.2) is 5.96 Å². The molecule has 0 saturated carbocycles. The van der Waals surface area contributed by atoms with Crippen LogP contribution in [0.25, 0.3) is 0 Å². The van der Waals surface area contributed by atoms with E-state index in [0.717, 1.165) is 51.8 Å². The molecular weight excluding hydrogens is 300 g/mol. The minimum absolute atomic E-state index is 0.739. The number of hydrogen-bond donors (Lipinski definition) is 1. The van der Waals surface area contributed by atoms with E-state index in [1.54, 1.807) is 6.20 Å². The van der Waals surface area contributed by atoms with Crippen LogP contribution < -0.4 is 10.2 Å². The average Bonchev–Trinajstić information content (AvgIpc) is 3.15. The number of para-hydroxylation sites is 1. The van der Waals surface area contributed by atoms with E-state index >= 15 is 0 Å². The lowest BCUT2D eigenvalue weighted by atomic mass is 10.2. The predicted octanol–water partition coefficient (Wildman–Crippen LogP) is 1.67. The Morgan fingerprint density at radius 2 is 1.92 bits per heavy atom. The Morgan fingerprint density at radius 3 is 2.58 bits per heavy atom. The summed E-state index contributed by atoms with van der Waals surface area (Å²) in [5.41, 5.74) is 1.30. The van der Waals surface area contributed by atoms with Gasteiger partial charge in [0.2, 0.25) is 0 Å². The monoisotopic (exact) mass is 326 g/mol. The van der Waals surface area contributed by atoms with Crippen molar-refractivity contribution in [2.24, 2.45) is 4.99 Å². The van der Waals surface area contributed by atoms with E-state index in [1.807, 2.05) is 16.9 Å². The molecule has 24 heavy (non-hydrogen) atoms. The summed E-state index contributed by atoms with van der Waals surface area (Å²) in [6.07, 6.45) is 3.78. The zero-order valence-corrected chi connectivity index (χ0v) is 14.3. The molecule has 6 heteroatoms. The molecule has 1 aliphatic rings. The zero-order valence-electron chi connectivity index (χ0n) is 14.3. The van der Waals surface area contributed by atoms with Crippen LogP contribution in [0.3, 0.4) is 0 Å². The quantitative estimate of drug-likeness (QED) is 0.671. The number of benzene rings is 1. The van der Waals surface area contributed by atoms with Gasteiger partial charge in [-0.25, -0.2) is 0 Å². The molecule has 1 N–H and O–H groups in total. The summed E-state index contributed by atoms with van der Waals surface area (Å²) in [5, 5.41) is 7.64. The summed E-state index contributed by atoms with van der Waals surface area (Å²) >= 11 is 0. The van der Waals surface area contributed by atoms with E-state index in [-0.39, 0.29) is 0 Å².